The molecule has 0 aliphatic carbocycles. The molecule has 43 heavy (non-hydrogen) atoms. The van der Waals surface area contributed by atoms with Gasteiger partial charge in [0.25, 0.3) is 0 Å². The summed E-state index contributed by atoms with van der Waals surface area (Å²) >= 11 is 0. The molecule has 0 N–H and O–H groups in total. The molecule has 0 radical (unpaired) electrons. The normalized spacial score (nSPS) is 12.3. The first-order chi connectivity index (χ1) is 21.3. The van der Waals surface area contributed by atoms with E-state index in [1.54, 1.807) is 0 Å². The summed E-state index contributed by atoms with van der Waals surface area (Å²) in [5, 5.41) is 13.0. The van der Waals surface area contributed by atoms with E-state index in [1.807, 2.05) is 0 Å². The summed E-state index contributed by atoms with van der Waals surface area (Å²) in [4.78, 5) is 0. The van der Waals surface area contributed by atoms with E-state index in [4.69, 9.17) is 0 Å². The maximum absolute atomic E-state index is 2.47. The third-order valence-corrected chi connectivity index (χ3v) is 9.48. The molecule has 2 heterocycles. The highest BCUT2D eigenvalue weighted by Gasteiger charge is 2.24. The Morgan fingerprint density at radius 1 is 0.349 bits per heavy atom. The first-order valence-corrected chi connectivity index (χ1v) is 15.0. The second-order valence-corrected chi connectivity index (χ2v) is 11.8. The predicted octanol–water partition coefficient (Wildman–Crippen LogP) is 11.1. The third-order valence-electron chi connectivity index (χ3n) is 9.48. The Labute approximate surface area is 247 Å². The van der Waals surface area contributed by atoms with Crippen LogP contribution in [0.15, 0.2) is 140 Å². The highest BCUT2D eigenvalue weighted by Crippen LogP contribution is 2.48. The van der Waals surface area contributed by atoms with Crippen LogP contribution in [0.5, 0.6) is 0 Å². The number of nitrogens with zero attached hydrogens (tertiary/aromatic N) is 2. The molecule has 10 rings (SSSR count). The molecule has 200 valence electrons. The smallest absolute Gasteiger partial charge is 0.0549 e. The molecule has 0 bridgehead atoms. The summed E-state index contributed by atoms with van der Waals surface area (Å²) in [6.07, 6.45) is 0. The Balaban J connectivity index is 1.57. The third kappa shape index (κ3) is 2.97. The van der Waals surface area contributed by atoms with E-state index in [1.165, 1.54) is 92.9 Å². The summed E-state index contributed by atoms with van der Waals surface area (Å²) in [5.74, 6) is 0. The molecule has 0 saturated heterocycles. The zero-order valence-electron chi connectivity index (χ0n) is 23.7. The lowest BCUT2D eigenvalue weighted by molar-refractivity contribution is 1.17. The molecular weight excluding hydrogens is 520 g/mol. The fraction of sp³-hybridized carbons (Fsp3) is 0.0244. The molecule has 2 nitrogen and oxygen atoms in total. The van der Waals surface area contributed by atoms with Gasteiger partial charge >= 0.3 is 0 Å². The van der Waals surface area contributed by atoms with Crippen molar-refractivity contribution >= 4 is 75.9 Å². The number of aromatic nitrogens is 2. The van der Waals surface area contributed by atoms with E-state index in [0.29, 0.717) is 0 Å². The van der Waals surface area contributed by atoms with E-state index in [0.717, 1.165) is 0 Å². The molecule has 0 aliphatic heterocycles. The van der Waals surface area contributed by atoms with Crippen molar-refractivity contribution in [3.8, 4) is 11.4 Å². The van der Waals surface area contributed by atoms with Crippen molar-refractivity contribution in [2.24, 2.45) is 0 Å². The minimum atomic E-state index is 1.18. The van der Waals surface area contributed by atoms with Crippen molar-refractivity contribution in [2.75, 3.05) is 0 Å². The molecule has 2 aromatic heterocycles. The molecule has 0 aliphatic rings. The molecule has 2 heteroatoms. The van der Waals surface area contributed by atoms with Crippen LogP contribution >= 0.6 is 0 Å². The number of hydrogen-bond donors (Lipinski definition) is 0. The quantitative estimate of drug-likeness (QED) is 0.204. The minimum absolute atomic E-state index is 1.18. The van der Waals surface area contributed by atoms with Crippen LogP contribution in [0.4, 0.5) is 0 Å². The largest absolute Gasteiger partial charge is 0.309 e. The van der Waals surface area contributed by atoms with Crippen molar-refractivity contribution in [1.29, 1.82) is 0 Å². The fourth-order valence-corrected chi connectivity index (χ4v) is 7.66. The maximum Gasteiger partial charge on any atom is 0.0549 e. The van der Waals surface area contributed by atoms with Gasteiger partial charge < -0.3 is 9.13 Å². The van der Waals surface area contributed by atoms with Gasteiger partial charge in [-0.1, -0.05) is 84.4 Å². The van der Waals surface area contributed by atoms with Crippen molar-refractivity contribution in [3.05, 3.63) is 145 Å². The molecule has 0 unspecified atom stereocenters. The van der Waals surface area contributed by atoms with Crippen LogP contribution in [0, 0.1) is 6.92 Å². The van der Waals surface area contributed by atoms with Crippen LogP contribution < -0.4 is 0 Å². The van der Waals surface area contributed by atoms with Crippen molar-refractivity contribution < 1.29 is 0 Å². The number of aryl methyl sites for hydroxylation is 1. The molecule has 0 spiro atoms. The number of fused-ring (bicyclic) bond motifs is 4. The van der Waals surface area contributed by atoms with E-state index in [-0.39, 0.29) is 0 Å². The number of para-hydroxylation sites is 1. The Bertz CT molecular complexity index is 2710. The van der Waals surface area contributed by atoms with Gasteiger partial charge in [-0.15, -0.1) is 0 Å². The summed E-state index contributed by atoms with van der Waals surface area (Å²) in [6, 6.07) is 51.7. The Morgan fingerprint density at radius 3 is 1.35 bits per heavy atom. The van der Waals surface area contributed by atoms with Gasteiger partial charge in [0.15, 0.2) is 0 Å². The first-order valence-electron chi connectivity index (χ1n) is 15.0. The van der Waals surface area contributed by atoms with Crippen molar-refractivity contribution in [2.45, 2.75) is 6.92 Å². The summed E-state index contributed by atoms with van der Waals surface area (Å²) in [5.41, 5.74) is 8.59. The summed E-state index contributed by atoms with van der Waals surface area (Å²) in [7, 11) is 0. The lowest BCUT2D eigenvalue weighted by atomic mass is 9.93. The second kappa shape index (κ2) is 8.24. The van der Waals surface area contributed by atoms with E-state index in [2.05, 4.69) is 156 Å². The fourth-order valence-electron chi connectivity index (χ4n) is 7.66. The van der Waals surface area contributed by atoms with Gasteiger partial charge in [0, 0.05) is 32.9 Å². The SMILES string of the molecule is Cc1ccc(-n2c3cccc4c5cc6ccccc6cc5c5cccc6c5c5c(c43)c2ccc5n6-c2ccccc2)cc1. The molecule has 0 atom stereocenters. The van der Waals surface area contributed by atoms with Crippen LogP contribution in [0.1, 0.15) is 5.56 Å². The van der Waals surface area contributed by atoms with E-state index >= 15 is 0 Å². The minimum Gasteiger partial charge on any atom is -0.309 e. The molecule has 0 amide bonds. The highest BCUT2D eigenvalue weighted by molar-refractivity contribution is 6.39. The Hall–Kier alpha value is -5.60. The van der Waals surface area contributed by atoms with E-state index < -0.39 is 0 Å². The molecule has 10 aromatic rings. The topological polar surface area (TPSA) is 9.86 Å². The molecule has 0 fully saturated rings. The highest BCUT2D eigenvalue weighted by atomic mass is 15.0. The number of rotatable bonds is 2. The van der Waals surface area contributed by atoms with Gasteiger partial charge in [-0.3, -0.25) is 0 Å². The van der Waals surface area contributed by atoms with Gasteiger partial charge in [-0.25, -0.2) is 0 Å². The van der Waals surface area contributed by atoms with Crippen LogP contribution in [0.2, 0.25) is 0 Å². The molecular formula is C41H26N2. The van der Waals surface area contributed by atoms with Crippen LogP contribution in [0.3, 0.4) is 0 Å². The molecule has 8 aromatic carbocycles. The number of hydrogen-bond acceptors (Lipinski definition) is 0. The Morgan fingerprint density at radius 2 is 0.814 bits per heavy atom. The summed E-state index contributed by atoms with van der Waals surface area (Å²) in [6.45, 7) is 2.15. The standard InChI is InChI=1S/C41H26N2/c1-25-17-19-29(20-18-25)43-35-16-8-14-31-33-24-27-10-6-5-9-26(27)23-32(33)30-13-7-15-34-38(30)40-36(21-22-37(43)41(40)39(31)35)42(34)28-11-3-2-4-12-28/h2-24H,1H3. The van der Waals surface area contributed by atoms with Crippen molar-refractivity contribution in [1.82, 2.24) is 9.13 Å². The van der Waals surface area contributed by atoms with E-state index in [9.17, 15) is 0 Å². The lowest BCUT2D eigenvalue weighted by Crippen LogP contribution is -1.94. The zero-order chi connectivity index (χ0) is 28.2. The number of benzene rings is 7. The first kappa shape index (κ1) is 23.0. The van der Waals surface area contributed by atoms with Crippen LogP contribution in [-0.2, 0) is 0 Å². The van der Waals surface area contributed by atoms with Gasteiger partial charge in [-0.05, 0) is 99.9 Å². The predicted molar refractivity (Wildman–Crippen MR) is 184 cm³/mol. The second-order valence-electron chi connectivity index (χ2n) is 11.8. The van der Waals surface area contributed by atoms with Gasteiger partial charge in [0.05, 0.1) is 22.1 Å². The zero-order valence-corrected chi connectivity index (χ0v) is 23.7. The van der Waals surface area contributed by atoms with Gasteiger partial charge in [0.2, 0.25) is 0 Å². The van der Waals surface area contributed by atoms with Crippen LogP contribution in [0.25, 0.3) is 87.3 Å². The van der Waals surface area contributed by atoms with Crippen molar-refractivity contribution in [3.63, 3.8) is 0 Å². The van der Waals surface area contributed by atoms with Gasteiger partial charge in [0.1, 0.15) is 0 Å². The van der Waals surface area contributed by atoms with Gasteiger partial charge in [-0.2, -0.15) is 0 Å². The lowest BCUT2D eigenvalue weighted by Gasteiger charge is -2.10. The monoisotopic (exact) mass is 546 g/mol. The average Bonchev–Trinajstić information content (AvgIpc) is 3.57. The molecule has 0 saturated carbocycles. The Kier molecular flexibility index (Phi) is 4.41. The summed E-state index contributed by atoms with van der Waals surface area (Å²) < 4.78 is 4.92. The average molecular weight is 547 g/mol. The van der Waals surface area contributed by atoms with Crippen LogP contribution in [-0.4, -0.2) is 9.13 Å². The maximum atomic E-state index is 2.47.